The average Bonchev–Trinajstić information content (AvgIpc) is 2.60. The lowest BCUT2D eigenvalue weighted by Gasteiger charge is -2.39. The van der Waals surface area contributed by atoms with Gasteiger partial charge in [-0.15, -0.1) is 0 Å². The van der Waals surface area contributed by atoms with Crippen LogP contribution in [0.3, 0.4) is 0 Å². The van der Waals surface area contributed by atoms with Crippen molar-refractivity contribution in [3.63, 3.8) is 0 Å². The second kappa shape index (κ2) is 9.34. The van der Waals surface area contributed by atoms with Gasteiger partial charge in [0.2, 0.25) is 5.91 Å². The zero-order valence-corrected chi connectivity index (χ0v) is 17.6. The molecule has 144 valence electrons. The topological polar surface area (TPSA) is 32.8 Å². The van der Waals surface area contributed by atoms with Gasteiger partial charge in [-0.3, -0.25) is 9.69 Å². The Balaban J connectivity index is 1.40. The molecular weight excluding hydrogens is 392 g/mol. The highest BCUT2D eigenvalue weighted by Gasteiger charge is 2.27. The number of morpholine rings is 1. The van der Waals surface area contributed by atoms with Gasteiger partial charge < -0.3 is 9.64 Å². The summed E-state index contributed by atoms with van der Waals surface area (Å²) < 4.78 is 6.93. The number of carbonyl (C=O) groups excluding carboxylic acids is 1. The Kier molecular flexibility index (Phi) is 7.12. The molecule has 2 atom stereocenters. The number of hydrogen-bond donors (Lipinski definition) is 0. The number of ether oxygens (including phenoxy) is 1. The molecular formula is C21H31BrN2O2. The lowest BCUT2D eigenvalue weighted by Crippen LogP contribution is -2.48. The molecule has 5 heteroatoms. The van der Waals surface area contributed by atoms with Crippen LogP contribution in [0.1, 0.15) is 38.7 Å². The summed E-state index contributed by atoms with van der Waals surface area (Å²) in [4.78, 5) is 17.2. The van der Waals surface area contributed by atoms with Crippen molar-refractivity contribution in [2.75, 3.05) is 32.7 Å². The van der Waals surface area contributed by atoms with E-state index in [1.54, 1.807) is 0 Å². The number of halogens is 1. The van der Waals surface area contributed by atoms with Gasteiger partial charge in [0.15, 0.2) is 0 Å². The number of piperidine rings is 1. The van der Waals surface area contributed by atoms with Crippen molar-refractivity contribution in [3.8, 4) is 0 Å². The minimum Gasteiger partial charge on any atom is -0.373 e. The molecule has 0 radical (unpaired) electrons. The van der Waals surface area contributed by atoms with Crippen LogP contribution in [-0.4, -0.2) is 60.6 Å². The number of amides is 1. The van der Waals surface area contributed by atoms with Crippen molar-refractivity contribution in [2.24, 2.45) is 5.92 Å². The Morgan fingerprint density at radius 3 is 2.46 bits per heavy atom. The Morgan fingerprint density at radius 1 is 1.15 bits per heavy atom. The molecule has 2 unspecified atom stereocenters. The van der Waals surface area contributed by atoms with E-state index in [1.807, 2.05) is 18.2 Å². The van der Waals surface area contributed by atoms with Crippen molar-refractivity contribution < 1.29 is 9.53 Å². The first-order valence-electron chi connectivity index (χ1n) is 9.90. The molecule has 26 heavy (non-hydrogen) atoms. The Hall–Kier alpha value is -0.910. The third-order valence-electron chi connectivity index (χ3n) is 5.54. The summed E-state index contributed by atoms with van der Waals surface area (Å²) >= 11 is 3.57. The van der Waals surface area contributed by atoms with Crippen molar-refractivity contribution in [1.82, 2.24) is 9.80 Å². The number of rotatable bonds is 5. The van der Waals surface area contributed by atoms with Crippen molar-refractivity contribution in [2.45, 2.75) is 51.7 Å². The van der Waals surface area contributed by atoms with Crippen LogP contribution in [0.15, 0.2) is 28.7 Å². The van der Waals surface area contributed by atoms with Gasteiger partial charge in [0, 0.05) is 43.6 Å². The second-order valence-corrected chi connectivity index (χ2v) is 8.75. The fraction of sp³-hybridized carbons (Fsp3) is 0.667. The number of aryl methyl sites for hydroxylation is 1. The van der Waals surface area contributed by atoms with Crippen molar-refractivity contribution >= 4 is 21.8 Å². The number of nitrogens with zero attached hydrogens (tertiary/aromatic N) is 2. The molecule has 0 saturated carbocycles. The molecule has 0 aliphatic carbocycles. The van der Waals surface area contributed by atoms with Crippen LogP contribution in [0.25, 0.3) is 0 Å². The van der Waals surface area contributed by atoms with Crippen LogP contribution in [-0.2, 0) is 16.0 Å². The number of likely N-dealkylation sites (tertiary alicyclic amines) is 1. The van der Waals surface area contributed by atoms with Gasteiger partial charge in [-0.2, -0.15) is 0 Å². The van der Waals surface area contributed by atoms with Crippen LogP contribution in [0, 0.1) is 5.92 Å². The maximum absolute atomic E-state index is 12.5. The fourth-order valence-corrected chi connectivity index (χ4v) is 4.75. The molecule has 2 aliphatic rings. The molecule has 1 aromatic carbocycles. The molecule has 2 heterocycles. The van der Waals surface area contributed by atoms with E-state index >= 15 is 0 Å². The molecule has 0 N–H and O–H groups in total. The lowest BCUT2D eigenvalue weighted by atomic mass is 9.95. The summed E-state index contributed by atoms with van der Waals surface area (Å²) in [5.41, 5.74) is 1.21. The van der Waals surface area contributed by atoms with Crippen LogP contribution in [0.2, 0.25) is 0 Å². The van der Waals surface area contributed by atoms with Crippen LogP contribution < -0.4 is 0 Å². The monoisotopic (exact) mass is 422 g/mol. The first-order chi connectivity index (χ1) is 12.5. The second-order valence-electron chi connectivity index (χ2n) is 7.89. The van der Waals surface area contributed by atoms with Gasteiger partial charge in [0.1, 0.15) is 0 Å². The van der Waals surface area contributed by atoms with E-state index in [1.165, 1.54) is 5.56 Å². The molecule has 2 saturated heterocycles. The predicted octanol–water partition coefficient (Wildman–Crippen LogP) is 3.73. The van der Waals surface area contributed by atoms with E-state index in [2.05, 4.69) is 45.6 Å². The zero-order valence-electron chi connectivity index (χ0n) is 16.0. The van der Waals surface area contributed by atoms with E-state index in [4.69, 9.17) is 4.74 Å². The quantitative estimate of drug-likeness (QED) is 0.724. The Bertz CT molecular complexity index is 591. The van der Waals surface area contributed by atoms with Crippen LogP contribution >= 0.6 is 15.9 Å². The van der Waals surface area contributed by atoms with Gasteiger partial charge in [-0.05, 0) is 50.7 Å². The highest BCUT2D eigenvalue weighted by atomic mass is 79.9. The highest BCUT2D eigenvalue weighted by Crippen LogP contribution is 2.22. The average molecular weight is 423 g/mol. The maximum Gasteiger partial charge on any atom is 0.222 e. The molecule has 0 bridgehead atoms. The van der Waals surface area contributed by atoms with Gasteiger partial charge in [-0.1, -0.05) is 34.1 Å². The predicted molar refractivity (Wildman–Crippen MR) is 108 cm³/mol. The summed E-state index contributed by atoms with van der Waals surface area (Å²) in [5, 5.41) is 0. The van der Waals surface area contributed by atoms with Crippen LogP contribution in [0.5, 0.6) is 0 Å². The Labute approximate surface area is 166 Å². The van der Waals surface area contributed by atoms with E-state index in [0.29, 0.717) is 30.5 Å². The highest BCUT2D eigenvalue weighted by molar-refractivity contribution is 9.10. The first kappa shape index (κ1) is 19.8. The summed E-state index contributed by atoms with van der Waals surface area (Å²) in [6.07, 6.45) is 4.33. The minimum absolute atomic E-state index is 0.299. The molecule has 1 aromatic rings. The third-order valence-corrected chi connectivity index (χ3v) is 6.32. The summed E-state index contributed by atoms with van der Waals surface area (Å²) in [5.74, 6) is 1.01. The van der Waals surface area contributed by atoms with E-state index < -0.39 is 0 Å². The molecule has 0 spiro atoms. The minimum atomic E-state index is 0.299. The lowest BCUT2D eigenvalue weighted by molar-refractivity contribution is -0.132. The summed E-state index contributed by atoms with van der Waals surface area (Å²) in [6.45, 7) is 9.37. The van der Waals surface area contributed by atoms with Crippen molar-refractivity contribution in [1.29, 1.82) is 0 Å². The number of benzene rings is 1. The largest absolute Gasteiger partial charge is 0.373 e. The van der Waals surface area contributed by atoms with Gasteiger partial charge >= 0.3 is 0 Å². The first-order valence-corrected chi connectivity index (χ1v) is 10.7. The molecule has 4 nitrogen and oxygen atoms in total. The zero-order chi connectivity index (χ0) is 18.5. The van der Waals surface area contributed by atoms with Crippen molar-refractivity contribution in [3.05, 3.63) is 34.3 Å². The van der Waals surface area contributed by atoms with E-state index in [9.17, 15) is 4.79 Å². The van der Waals surface area contributed by atoms with Gasteiger partial charge in [0.25, 0.3) is 0 Å². The molecule has 0 aromatic heterocycles. The third kappa shape index (κ3) is 5.54. The standard InChI is InChI=1S/C21H31BrN2O2/c1-16-13-23(14-17(2)26-16)15-18-9-11-24(12-10-18)21(25)8-7-19-5-3-4-6-20(19)22/h3-6,16-18H,7-15H2,1-2H3. The number of hydrogen-bond acceptors (Lipinski definition) is 3. The number of carbonyl (C=O) groups is 1. The van der Waals surface area contributed by atoms with Crippen LogP contribution in [0.4, 0.5) is 0 Å². The van der Waals surface area contributed by atoms with E-state index in [-0.39, 0.29) is 0 Å². The summed E-state index contributed by atoms with van der Waals surface area (Å²) in [7, 11) is 0. The molecule has 1 amide bonds. The normalized spacial score (nSPS) is 25.4. The molecule has 2 fully saturated rings. The van der Waals surface area contributed by atoms with Gasteiger partial charge in [-0.25, -0.2) is 0 Å². The van der Waals surface area contributed by atoms with Gasteiger partial charge in [0.05, 0.1) is 12.2 Å². The van der Waals surface area contributed by atoms with E-state index in [0.717, 1.165) is 56.5 Å². The Morgan fingerprint density at radius 2 is 1.81 bits per heavy atom. The smallest absolute Gasteiger partial charge is 0.222 e. The SMILES string of the molecule is CC1CN(CC2CCN(C(=O)CCc3ccccc3Br)CC2)CC(C)O1. The fourth-order valence-electron chi connectivity index (χ4n) is 4.26. The summed E-state index contributed by atoms with van der Waals surface area (Å²) in [6, 6.07) is 8.17. The maximum atomic E-state index is 12.5. The molecule has 2 aliphatic heterocycles. The molecule has 3 rings (SSSR count).